The first-order valence-electron chi connectivity index (χ1n) is 6.32. The van der Waals surface area contributed by atoms with Crippen molar-refractivity contribution in [3.05, 3.63) is 35.4 Å². The Bertz CT molecular complexity index is 447. The van der Waals surface area contributed by atoms with Crippen LogP contribution in [0.1, 0.15) is 43.0 Å². The first-order valence-corrected chi connectivity index (χ1v) is 6.32. The lowest BCUT2D eigenvalue weighted by Crippen LogP contribution is -2.38. The molecular weight excluding hydrogens is 236 g/mol. The molecule has 1 aromatic rings. The van der Waals surface area contributed by atoms with E-state index in [0.29, 0.717) is 5.92 Å². The van der Waals surface area contributed by atoms with Crippen molar-refractivity contribution in [2.24, 2.45) is 5.92 Å². The highest BCUT2D eigenvalue weighted by atomic mass is 19.1. The number of rotatable bonds is 2. The number of hydrogen-bond acceptors (Lipinski definition) is 1. The third-order valence-electron chi connectivity index (χ3n) is 3.45. The van der Waals surface area contributed by atoms with Gasteiger partial charge in [0.1, 0.15) is 11.6 Å². The zero-order chi connectivity index (χ0) is 13.1. The summed E-state index contributed by atoms with van der Waals surface area (Å²) in [6.07, 6.45) is 4.11. The second kappa shape index (κ2) is 5.46. The van der Waals surface area contributed by atoms with Gasteiger partial charge in [-0.1, -0.05) is 19.8 Å². The molecule has 0 radical (unpaired) electrons. The minimum absolute atomic E-state index is 0.0883. The summed E-state index contributed by atoms with van der Waals surface area (Å²) >= 11 is 0. The van der Waals surface area contributed by atoms with E-state index in [-0.39, 0.29) is 11.6 Å². The van der Waals surface area contributed by atoms with Crippen LogP contribution in [-0.2, 0) is 0 Å². The highest BCUT2D eigenvalue weighted by Gasteiger charge is 2.22. The molecule has 98 valence electrons. The van der Waals surface area contributed by atoms with Gasteiger partial charge in [0.15, 0.2) is 0 Å². The monoisotopic (exact) mass is 253 g/mol. The topological polar surface area (TPSA) is 29.1 Å². The SMILES string of the molecule is CC1CCCC(NC(=O)c2ccc(F)cc2F)C1. The van der Waals surface area contributed by atoms with Gasteiger partial charge in [-0.25, -0.2) is 8.78 Å². The molecule has 1 N–H and O–H groups in total. The summed E-state index contributed by atoms with van der Waals surface area (Å²) < 4.78 is 26.2. The van der Waals surface area contributed by atoms with Gasteiger partial charge in [0.05, 0.1) is 5.56 Å². The average molecular weight is 253 g/mol. The molecule has 2 nitrogen and oxygen atoms in total. The normalized spacial score (nSPS) is 23.7. The van der Waals surface area contributed by atoms with Crippen LogP contribution in [0.15, 0.2) is 18.2 Å². The van der Waals surface area contributed by atoms with Gasteiger partial charge in [0.2, 0.25) is 0 Å². The van der Waals surface area contributed by atoms with Gasteiger partial charge >= 0.3 is 0 Å². The van der Waals surface area contributed by atoms with E-state index in [1.807, 2.05) is 0 Å². The minimum atomic E-state index is -0.809. The first-order chi connectivity index (χ1) is 8.56. The number of hydrogen-bond donors (Lipinski definition) is 1. The number of carbonyl (C=O) groups is 1. The Hall–Kier alpha value is -1.45. The molecule has 0 spiro atoms. The molecule has 1 amide bonds. The van der Waals surface area contributed by atoms with Crippen LogP contribution in [0.2, 0.25) is 0 Å². The molecule has 0 aliphatic heterocycles. The third-order valence-corrected chi connectivity index (χ3v) is 3.45. The van der Waals surface area contributed by atoms with Gasteiger partial charge < -0.3 is 5.32 Å². The Morgan fingerprint density at radius 3 is 2.78 bits per heavy atom. The van der Waals surface area contributed by atoms with Crippen molar-refractivity contribution in [2.45, 2.75) is 38.6 Å². The molecule has 0 aromatic heterocycles. The lowest BCUT2D eigenvalue weighted by atomic mass is 9.87. The summed E-state index contributed by atoms with van der Waals surface area (Å²) in [4.78, 5) is 11.9. The van der Waals surface area contributed by atoms with Crippen LogP contribution in [0.5, 0.6) is 0 Å². The lowest BCUT2D eigenvalue weighted by Gasteiger charge is -2.27. The van der Waals surface area contributed by atoms with Crippen molar-refractivity contribution in [1.82, 2.24) is 5.32 Å². The van der Waals surface area contributed by atoms with Crippen LogP contribution >= 0.6 is 0 Å². The molecule has 1 aliphatic carbocycles. The van der Waals surface area contributed by atoms with Crippen molar-refractivity contribution in [2.75, 3.05) is 0 Å². The molecule has 0 heterocycles. The van der Waals surface area contributed by atoms with Crippen molar-refractivity contribution < 1.29 is 13.6 Å². The van der Waals surface area contributed by atoms with Gasteiger partial charge in [0.25, 0.3) is 5.91 Å². The fraction of sp³-hybridized carbons (Fsp3) is 0.500. The molecule has 1 aromatic carbocycles. The Morgan fingerprint density at radius 1 is 1.33 bits per heavy atom. The van der Waals surface area contributed by atoms with E-state index in [1.165, 1.54) is 12.5 Å². The molecule has 1 aliphatic rings. The zero-order valence-corrected chi connectivity index (χ0v) is 10.4. The zero-order valence-electron chi connectivity index (χ0n) is 10.4. The maximum absolute atomic E-state index is 13.4. The van der Waals surface area contributed by atoms with Gasteiger partial charge in [-0.05, 0) is 30.9 Å². The molecule has 2 rings (SSSR count). The van der Waals surface area contributed by atoms with Crippen LogP contribution < -0.4 is 5.32 Å². The van der Waals surface area contributed by atoms with Gasteiger partial charge in [0, 0.05) is 12.1 Å². The molecule has 1 saturated carbocycles. The quantitative estimate of drug-likeness (QED) is 0.861. The van der Waals surface area contributed by atoms with Crippen molar-refractivity contribution in [1.29, 1.82) is 0 Å². The second-order valence-corrected chi connectivity index (χ2v) is 5.07. The summed E-state index contributed by atoms with van der Waals surface area (Å²) in [6.45, 7) is 2.15. The van der Waals surface area contributed by atoms with Crippen LogP contribution in [-0.4, -0.2) is 11.9 Å². The molecule has 2 atom stereocenters. The van der Waals surface area contributed by atoms with Crippen LogP contribution in [0.4, 0.5) is 8.78 Å². The fourth-order valence-electron chi connectivity index (χ4n) is 2.50. The lowest BCUT2D eigenvalue weighted by molar-refractivity contribution is 0.0917. The Morgan fingerprint density at radius 2 is 2.11 bits per heavy atom. The smallest absolute Gasteiger partial charge is 0.254 e. The number of nitrogens with one attached hydrogen (secondary N) is 1. The maximum Gasteiger partial charge on any atom is 0.254 e. The Labute approximate surface area is 105 Å². The van der Waals surface area contributed by atoms with E-state index in [1.54, 1.807) is 0 Å². The first kappa shape index (κ1) is 13.0. The van der Waals surface area contributed by atoms with E-state index in [0.717, 1.165) is 31.4 Å². The van der Waals surface area contributed by atoms with E-state index in [9.17, 15) is 13.6 Å². The fourth-order valence-corrected chi connectivity index (χ4v) is 2.50. The number of benzene rings is 1. The summed E-state index contributed by atoms with van der Waals surface area (Å²) in [5.41, 5.74) is -0.0883. The van der Waals surface area contributed by atoms with Crippen molar-refractivity contribution in [3.8, 4) is 0 Å². The molecule has 1 fully saturated rings. The molecule has 18 heavy (non-hydrogen) atoms. The Balaban J connectivity index is 2.03. The standard InChI is InChI=1S/C14H17F2NO/c1-9-3-2-4-11(7-9)17-14(18)12-6-5-10(15)8-13(12)16/h5-6,8-9,11H,2-4,7H2,1H3,(H,17,18). The molecule has 4 heteroatoms. The van der Waals surface area contributed by atoms with E-state index >= 15 is 0 Å². The predicted octanol–water partition coefficient (Wildman–Crippen LogP) is 3.27. The summed E-state index contributed by atoms with van der Waals surface area (Å²) in [6, 6.07) is 3.12. The van der Waals surface area contributed by atoms with E-state index in [4.69, 9.17) is 0 Å². The highest BCUT2D eigenvalue weighted by Crippen LogP contribution is 2.23. The minimum Gasteiger partial charge on any atom is -0.349 e. The largest absolute Gasteiger partial charge is 0.349 e. The number of amides is 1. The molecule has 0 bridgehead atoms. The van der Waals surface area contributed by atoms with Gasteiger partial charge in [-0.15, -0.1) is 0 Å². The maximum atomic E-state index is 13.4. The molecule has 2 unspecified atom stereocenters. The molecule has 0 saturated heterocycles. The summed E-state index contributed by atoms with van der Waals surface area (Å²) in [5.74, 6) is -1.35. The van der Waals surface area contributed by atoms with Gasteiger partial charge in [-0.3, -0.25) is 4.79 Å². The van der Waals surface area contributed by atoms with Gasteiger partial charge in [-0.2, -0.15) is 0 Å². The highest BCUT2D eigenvalue weighted by molar-refractivity contribution is 5.94. The second-order valence-electron chi connectivity index (χ2n) is 5.07. The van der Waals surface area contributed by atoms with E-state index < -0.39 is 17.5 Å². The average Bonchev–Trinajstić information content (AvgIpc) is 2.28. The number of carbonyl (C=O) groups excluding carboxylic acids is 1. The van der Waals surface area contributed by atoms with Crippen LogP contribution in [0, 0.1) is 17.6 Å². The van der Waals surface area contributed by atoms with Crippen molar-refractivity contribution >= 4 is 5.91 Å². The Kier molecular flexibility index (Phi) is 3.94. The van der Waals surface area contributed by atoms with E-state index in [2.05, 4.69) is 12.2 Å². The number of halogens is 2. The van der Waals surface area contributed by atoms with Crippen LogP contribution in [0.25, 0.3) is 0 Å². The molecular formula is C14H17F2NO. The predicted molar refractivity (Wildman–Crippen MR) is 65.2 cm³/mol. The van der Waals surface area contributed by atoms with Crippen molar-refractivity contribution in [3.63, 3.8) is 0 Å². The summed E-state index contributed by atoms with van der Waals surface area (Å²) in [5, 5.41) is 2.82. The third kappa shape index (κ3) is 3.06. The van der Waals surface area contributed by atoms with Crippen LogP contribution in [0.3, 0.4) is 0 Å². The summed E-state index contributed by atoms with van der Waals surface area (Å²) in [7, 11) is 0.